The van der Waals surface area contributed by atoms with Gasteiger partial charge in [-0.15, -0.1) is 0 Å². The second-order valence-corrected chi connectivity index (χ2v) is 8.51. The largest absolute Gasteiger partial charge is 0.497 e. The first-order valence-corrected chi connectivity index (χ1v) is 11.1. The summed E-state index contributed by atoms with van der Waals surface area (Å²) in [6, 6.07) is 13.5. The first-order valence-electron chi connectivity index (χ1n) is 10.3. The van der Waals surface area contributed by atoms with E-state index in [1.165, 1.54) is 6.92 Å². The molecule has 0 bridgehead atoms. The van der Waals surface area contributed by atoms with Crippen molar-refractivity contribution in [3.05, 3.63) is 65.4 Å². The Bertz CT molecular complexity index is 1170. The van der Waals surface area contributed by atoms with Crippen molar-refractivity contribution in [2.75, 3.05) is 17.7 Å². The minimum Gasteiger partial charge on any atom is -0.497 e. The molecule has 2 heterocycles. The van der Waals surface area contributed by atoms with E-state index in [9.17, 15) is 9.59 Å². The van der Waals surface area contributed by atoms with Crippen LogP contribution in [0.4, 0.5) is 11.4 Å². The van der Waals surface area contributed by atoms with Crippen molar-refractivity contribution in [2.45, 2.75) is 31.6 Å². The Morgan fingerprint density at radius 1 is 1.19 bits per heavy atom. The van der Waals surface area contributed by atoms with Gasteiger partial charge in [0.15, 0.2) is 0 Å². The molecule has 0 radical (unpaired) electrons. The molecule has 0 aromatic heterocycles. The van der Waals surface area contributed by atoms with Crippen molar-refractivity contribution in [1.82, 2.24) is 5.43 Å². The van der Waals surface area contributed by atoms with Crippen LogP contribution in [-0.4, -0.2) is 24.6 Å². The summed E-state index contributed by atoms with van der Waals surface area (Å²) in [4.78, 5) is 25.8. The number of carbonyl (C=O) groups is 2. The van der Waals surface area contributed by atoms with E-state index in [2.05, 4.69) is 28.1 Å². The molecule has 0 atom stereocenters. The Hall–Kier alpha value is -3.52. The summed E-state index contributed by atoms with van der Waals surface area (Å²) in [5.74, 6) is 0.442. The van der Waals surface area contributed by atoms with Gasteiger partial charge in [-0.1, -0.05) is 25.1 Å². The molecule has 0 saturated heterocycles. The average Bonchev–Trinajstić information content (AvgIpc) is 3.14. The Morgan fingerprint density at radius 3 is 2.66 bits per heavy atom. The molecule has 8 heteroatoms. The van der Waals surface area contributed by atoms with Crippen molar-refractivity contribution < 1.29 is 14.3 Å². The maximum Gasteiger partial charge on any atom is 0.275 e. The van der Waals surface area contributed by atoms with Gasteiger partial charge < -0.3 is 15.4 Å². The number of carbonyl (C=O) groups excluding carboxylic acids is 2. The molecule has 0 unspecified atom stereocenters. The molecule has 2 amide bonds. The Labute approximate surface area is 191 Å². The smallest absolute Gasteiger partial charge is 0.275 e. The standard InChI is InChI=1S/C24H24N4O3S/c1-4-5-20-23(24(30)28-27-20)21-13-22(18-12-16(31-3)8-11-19(18)26-21)32-17-9-6-15(7-10-17)25-14(2)29/h6-13,26H,4-5H2,1-3H3,(H,25,29)(H,28,30)/b23-21-. The Balaban J connectivity index is 1.75. The van der Waals surface area contributed by atoms with E-state index in [0.717, 1.165) is 56.7 Å². The molecular formula is C24H24N4O3S. The van der Waals surface area contributed by atoms with E-state index >= 15 is 0 Å². The topological polar surface area (TPSA) is 91.8 Å². The number of hydrazone groups is 1. The molecule has 2 aromatic carbocycles. The van der Waals surface area contributed by atoms with Gasteiger partial charge in [-0.05, 0) is 55.0 Å². The van der Waals surface area contributed by atoms with Crippen molar-refractivity contribution >= 4 is 45.6 Å². The molecule has 2 aromatic rings. The number of nitrogens with one attached hydrogen (secondary N) is 3. The number of hydrogen-bond donors (Lipinski definition) is 3. The Morgan fingerprint density at radius 2 is 1.97 bits per heavy atom. The van der Waals surface area contributed by atoms with Crippen LogP contribution in [0.5, 0.6) is 5.75 Å². The number of hydrogen-bond acceptors (Lipinski definition) is 6. The van der Waals surface area contributed by atoms with E-state index in [1.807, 2.05) is 48.5 Å². The average molecular weight is 449 g/mol. The second kappa shape index (κ2) is 9.32. The van der Waals surface area contributed by atoms with E-state index in [1.54, 1.807) is 18.9 Å². The molecule has 2 aliphatic heterocycles. The van der Waals surface area contributed by atoms with Crippen molar-refractivity contribution in [2.24, 2.45) is 5.10 Å². The molecule has 0 spiro atoms. The number of benzene rings is 2. The minimum absolute atomic E-state index is 0.108. The zero-order valence-electron chi connectivity index (χ0n) is 18.1. The molecule has 0 aliphatic carbocycles. The van der Waals surface area contributed by atoms with Gasteiger partial charge in [-0.3, -0.25) is 9.59 Å². The van der Waals surface area contributed by atoms with E-state index in [-0.39, 0.29) is 11.8 Å². The third kappa shape index (κ3) is 4.55. The summed E-state index contributed by atoms with van der Waals surface area (Å²) in [6.07, 6.45) is 3.60. The number of rotatable bonds is 6. The van der Waals surface area contributed by atoms with Crippen LogP contribution in [0.3, 0.4) is 0 Å². The first-order chi connectivity index (χ1) is 15.5. The maximum absolute atomic E-state index is 12.5. The third-order valence-electron chi connectivity index (χ3n) is 5.00. The van der Waals surface area contributed by atoms with Crippen LogP contribution in [0.2, 0.25) is 0 Å². The zero-order chi connectivity index (χ0) is 22.7. The van der Waals surface area contributed by atoms with Crippen LogP contribution >= 0.6 is 11.8 Å². The van der Waals surface area contributed by atoms with Gasteiger partial charge in [0, 0.05) is 33.7 Å². The van der Waals surface area contributed by atoms with Crippen LogP contribution in [0.15, 0.2) is 69.8 Å². The van der Waals surface area contributed by atoms with E-state index in [4.69, 9.17) is 4.74 Å². The van der Waals surface area contributed by atoms with E-state index < -0.39 is 0 Å². The summed E-state index contributed by atoms with van der Waals surface area (Å²) in [5.41, 5.74) is 7.27. The highest BCUT2D eigenvalue weighted by Crippen LogP contribution is 2.44. The normalized spacial score (nSPS) is 17.0. The van der Waals surface area contributed by atoms with E-state index in [0.29, 0.717) is 5.57 Å². The fraction of sp³-hybridized carbons (Fsp3) is 0.208. The maximum atomic E-state index is 12.5. The molecular weight excluding hydrogens is 424 g/mol. The summed E-state index contributed by atoms with van der Waals surface area (Å²) in [5, 5.41) is 10.4. The fourth-order valence-electron chi connectivity index (χ4n) is 3.57. The summed E-state index contributed by atoms with van der Waals surface area (Å²) in [6.45, 7) is 3.54. The van der Waals surface area contributed by atoms with Gasteiger partial charge >= 0.3 is 0 Å². The fourth-order valence-corrected chi connectivity index (χ4v) is 4.55. The van der Waals surface area contributed by atoms with Crippen LogP contribution in [0.25, 0.3) is 4.91 Å². The quantitative estimate of drug-likeness (QED) is 0.555. The highest BCUT2D eigenvalue weighted by atomic mass is 32.2. The molecule has 164 valence electrons. The number of allylic oxidation sites excluding steroid dienone is 1. The van der Waals surface area contributed by atoms with Crippen molar-refractivity contribution in [1.29, 1.82) is 0 Å². The number of anilines is 2. The van der Waals surface area contributed by atoms with Crippen LogP contribution in [0, 0.1) is 0 Å². The lowest BCUT2D eigenvalue weighted by molar-refractivity contribution is -0.116. The summed E-state index contributed by atoms with van der Waals surface area (Å²) in [7, 11) is 1.64. The van der Waals surface area contributed by atoms with Crippen LogP contribution < -0.4 is 20.8 Å². The van der Waals surface area contributed by atoms with Crippen LogP contribution in [-0.2, 0) is 9.59 Å². The highest BCUT2D eigenvalue weighted by Gasteiger charge is 2.28. The van der Waals surface area contributed by atoms with Gasteiger partial charge in [-0.25, -0.2) is 5.43 Å². The van der Waals surface area contributed by atoms with Gasteiger partial charge in [0.05, 0.1) is 24.1 Å². The second-order valence-electron chi connectivity index (χ2n) is 7.39. The zero-order valence-corrected chi connectivity index (χ0v) is 18.9. The Kier molecular flexibility index (Phi) is 6.32. The molecule has 2 aliphatic rings. The van der Waals surface area contributed by atoms with Crippen molar-refractivity contribution in [3.63, 3.8) is 0 Å². The van der Waals surface area contributed by atoms with Crippen molar-refractivity contribution in [3.8, 4) is 5.75 Å². The number of thioether (sulfide) groups is 1. The number of nitrogens with zero attached hydrogens (tertiary/aromatic N) is 1. The van der Waals surface area contributed by atoms with Gasteiger partial charge in [0.25, 0.3) is 5.91 Å². The number of amides is 2. The molecule has 7 nitrogen and oxygen atoms in total. The number of methoxy groups -OCH3 is 1. The monoisotopic (exact) mass is 448 g/mol. The molecule has 32 heavy (non-hydrogen) atoms. The predicted molar refractivity (Wildman–Crippen MR) is 129 cm³/mol. The van der Waals surface area contributed by atoms with Gasteiger partial charge in [0.1, 0.15) is 5.75 Å². The number of fused-ring (bicyclic) bond motifs is 1. The SMILES string of the molecule is CCCC1=NNC(=O)/C1=C1/C=C(Sc2ccc(NC(C)=O)cc2)c2cc(OC)ccc2N1. The van der Waals surface area contributed by atoms with Gasteiger partial charge in [-0.2, -0.15) is 5.10 Å². The molecule has 0 fully saturated rings. The lowest BCUT2D eigenvalue weighted by Crippen LogP contribution is -2.19. The summed E-state index contributed by atoms with van der Waals surface area (Å²) >= 11 is 1.58. The van der Waals surface area contributed by atoms with Crippen LogP contribution in [0.1, 0.15) is 32.3 Å². The third-order valence-corrected chi connectivity index (χ3v) is 6.07. The summed E-state index contributed by atoms with van der Waals surface area (Å²) < 4.78 is 5.42. The molecule has 4 rings (SSSR count). The molecule has 3 N–H and O–H groups in total. The molecule has 0 saturated carbocycles. The predicted octanol–water partition coefficient (Wildman–Crippen LogP) is 4.75. The lowest BCUT2D eigenvalue weighted by atomic mass is 10.00. The number of ether oxygens (including phenoxy) is 1. The lowest BCUT2D eigenvalue weighted by Gasteiger charge is -2.23. The minimum atomic E-state index is -0.201. The van der Waals surface area contributed by atoms with Gasteiger partial charge in [0.2, 0.25) is 5.91 Å². The first kappa shape index (κ1) is 21.7. The highest BCUT2D eigenvalue weighted by molar-refractivity contribution is 8.08.